The van der Waals surface area contributed by atoms with Crippen LogP contribution in [0.4, 0.5) is 4.39 Å². The van der Waals surface area contributed by atoms with Crippen LogP contribution in [0.15, 0.2) is 36.7 Å². The zero-order valence-corrected chi connectivity index (χ0v) is 22.2. The molecular weight excluding hydrogens is 439 g/mol. The Balaban J connectivity index is 1.61. The van der Waals surface area contributed by atoms with Gasteiger partial charge in [-0.2, -0.15) is 0 Å². The van der Waals surface area contributed by atoms with Gasteiger partial charge in [0.05, 0.1) is 19.0 Å². The fourth-order valence-corrected chi connectivity index (χ4v) is 4.08. The van der Waals surface area contributed by atoms with Crippen molar-refractivity contribution >= 4 is 0 Å². The Morgan fingerprint density at radius 3 is 1.80 bits per heavy atom. The minimum absolute atomic E-state index is 0.0581. The predicted molar refractivity (Wildman–Crippen MR) is 144 cm³/mol. The SMILES string of the molecule is CCCCCCCCCCOc1ccc(-c2ncc(OC[C@@H](F)CCCCCCCC)cn2)cc1. The summed E-state index contributed by atoms with van der Waals surface area (Å²) in [6.45, 7) is 5.27. The van der Waals surface area contributed by atoms with E-state index in [9.17, 15) is 4.39 Å². The van der Waals surface area contributed by atoms with E-state index >= 15 is 0 Å². The van der Waals surface area contributed by atoms with Crippen molar-refractivity contribution in [2.75, 3.05) is 13.2 Å². The second-order valence-electron chi connectivity index (χ2n) is 9.55. The molecule has 1 atom stereocenters. The highest BCUT2D eigenvalue weighted by Gasteiger charge is 2.09. The van der Waals surface area contributed by atoms with Gasteiger partial charge in [0.25, 0.3) is 0 Å². The smallest absolute Gasteiger partial charge is 0.159 e. The summed E-state index contributed by atoms with van der Waals surface area (Å²) >= 11 is 0. The van der Waals surface area contributed by atoms with Crippen LogP contribution in [-0.2, 0) is 0 Å². The van der Waals surface area contributed by atoms with Gasteiger partial charge in [-0.1, -0.05) is 97.3 Å². The summed E-state index contributed by atoms with van der Waals surface area (Å²) in [6, 6.07) is 7.86. The van der Waals surface area contributed by atoms with Crippen LogP contribution >= 0.6 is 0 Å². The Labute approximate surface area is 213 Å². The molecule has 0 aliphatic carbocycles. The van der Waals surface area contributed by atoms with Gasteiger partial charge < -0.3 is 9.47 Å². The van der Waals surface area contributed by atoms with E-state index in [0.717, 1.165) is 37.2 Å². The zero-order chi connectivity index (χ0) is 25.0. The van der Waals surface area contributed by atoms with Crippen LogP contribution in [0, 0.1) is 0 Å². The van der Waals surface area contributed by atoms with Crippen molar-refractivity contribution < 1.29 is 13.9 Å². The van der Waals surface area contributed by atoms with Crippen molar-refractivity contribution in [1.82, 2.24) is 9.97 Å². The van der Waals surface area contributed by atoms with Crippen molar-refractivity contribution in [3.63, 3.8) is 0 Å². The van der Waals surface area contributed by atoms with Gasteiger partial charge in [-0.15, -0.1) is 0 Å². The number of hydrogen-bond donors (Lipinski definition) is 0. The van der Waals surface area contributed by atoms with Crippen LogP contribution < -0.4 is 9.47 Å². The molecule has 0 unspecified atom stereocenters. The molecule has 4 nitrogen and oxygen atoms in total. The molecule has 0 saturated heterocycles. The van der Waals surface area contributed by atoms with E-state index in [1.807, 2.05) is 24.3 Å². The summed E-state index contributed by atoms with van der Waals surface area (Å²) < 4.78 is 25.5. The first-order chi connectivity index (χ1) is 17.2. The van der Waals surface area contributed by atoms with E-state index in [1.165, 1.54) is 70.6 Å². The highest BCUT2D eigenvalue weighted by atomic mass is 19.1. The lowest BCUT2D eigenvalue weighted by Gasteiger charge is -2.10. The zero-order valence-electron chi connectivity index (χ0n) is 22.2. The van der Waals surface area contributed by atoms with Gasteiger partial charge in [0.15, 0.2) is 11.6 Å². The molecule has 35 heavy (non-hydrogen) atoms. The minimum Gasteiger partial charge on any atom is -0.494 e. The summed E-state index contributed by atoms with van der Waals surface area (Å²) in [7, 11) is 0. The quantitative estimate of drug-likeness (QED) is 0.165. The summed E-state index contributed by atoms with van der Waals surface area (Å²) in [4.78, 5) is 8.77. The van der Waals surface area contributed by atoms with Crippen LogP contribution in [0.1, 0.15) is 110 Å². The van der Waals surface area contributed by atoms with Crippen LogP contribution in [0.5, 0.6) is 11.5 Å². The fourth-order valence-electron chi connectivity index (χ4n) is 4.08. The number of rotatable bonds is 21. The first-order valence-corrected chi connectivity index (χ1v) is 14.0. The molecule has 2 rings (SSSR count). The van der Waals surface area contributed by atoms with Gasteiger partial charge in [0.1, 0.15) is 18.5 Å². The van der Waals surface area contributed by atoms with Crippen molar-refractivity contribution in [2.45, 2.75) is 116 Å². The Bertz CT molecular complexity index is 752. The first kappa shape index (κ1) is 29.1. The van der Waals surface area contributed by atoms with E-state index in [0.29, 0.717) is 18.0 Å². The second-order valence-corrected chi connectivity index (χ2v) is 9.55. The lowest BCUT2D eigenvalue weighted by Crippen LogP contribution is -2.13. The molecule has 5 heteroatoms. The van der Waals surface area contributed by atoms with E-state index in [2.05, 4.69) is 23.8 Å². The maximum absolute atomic E-state index is 14.1. The van der Waals surface area contributed by atoms with Gasteiger partial charge in [0.2, 0.25) is 0 Å². The molecular formula is C30H47FN2O2. The molecule has 1 aromatic carbocycles. The highest BCUT2D eigenvalue weighted by molar-refractivity contribution is 5.56. The third kappa shape index (κ3) is 13.5. The largest absolute Gasteiger partial charge is 0.494 e. The lowest BCUT2D eigenvalue weighted by atomic mass is 10.1. The second kappa shape index (κ2) is 19.1. The first-order valence-electron chi connectivity index (χ1n) is 14.0. The molecule has 1 aromatic heterocycles. The van der Waals surface area contributed by atoms with Crippen LogP contribution in [0.3, 0.4) is 0 Å². The average Bonchev–Trinajstić information content (AvgIpc) is 2.89. The normalized spacial score (nSPS) is 12.0. The highest BCUT2D eigenvalue weighted by Crippen LogP contribution is 2.21. The summed E-state index contributed by atoms with van der Waals surface area (Å²) in [5.41, 5.74) is 0.919. The summed E-state index contributed by atoms with van der Waals surface area (Å²) in [6.07, 6.45) is 20.2. The maximum atomic E-state index is 14.1. The molecule has 1 heterocycles. The molecule has 0 bridgehead atoms. The van der Waals surface area contributed by atoms with Crippen molar-refractivity contribution in [3.05, 3.63) is 36.7 Å². The molecule has 0 radical (unpaired) electrons. The number of unbranched alkanes of at least 4 members (excludes halogenated alkanes) is 12. The van der Waals surface area contributed by atoms with Gasteiger partial charge in [-0.25, -0.2) is 14.4 Å². The molecule has 0 fully saturated rings. The van der Waals surface area contributed by atoms with E-state index in [1.54, 1.807) is 12.4 Å². The molecule has 0 spiro atoms. The number of ether oxygens (including phenoxy) is 2. The summed E-state index contributed by atoms with van der Waals surface area (Å²) in [5, 5.41) is 0. The standard InChI is InChI=1S/C30H47FN2O2/c1-3-5-7-9-11-12-14-16-22-34-28-20-18-26(19-21-28)30-32-23-29(24-33-30)35-25-27(31)17-15-13-10-8-6-4-2/h18-21,23-24,27H,3-17,22,25H2,1-2H3/t27-/m0/s1. The molecule has 2 aromatic rings. The Morgan fingerprint density at radius 1 is 0.657 bits per heavy atom. The van der Waals surface area contributed by atoms with E-state index in [-0.39, 0.29) is 6.61 Å². The third-order valence-corrected chi connectivity index (χ3v) is 6.31. The number of aromatic nitrogens is 2. The van der Waals surface area contributed by atoms with Crippen LogP contribution in [0.25, 0.3) is 11.4 Å². The number of benzene rings is 1. The Kier molecular flexibility index (Phi) is 15.8. The van der Waals surface area contributed by atoms with Crippen molar-refractivity contribution in [1.29, 1.82) is 0 Å². The van der Waals surface area contributed by atoms with Gasteiger partial charge in [-0.3, -0.25) is 0 Å². The Hall–Kier alpha value is -2.17. The molecule has 0 aliphatic rings. The summed E-state index contributed by atoms with van der Waals surface area (Å²) in [5.74, 6) is 2.00. The van der Waals surface area contributed by atoms with E-state index in [4.69, 9.17) is 9.47 Å². The number of halogens is 1. The Morgan fingerprint density at radius 2 is 1.20 bits per heavy atom. The molecule has 0 amide bonds. The van der Waals surface area contributed by atoms with Crippen LogP contribution in [-0.4, -0.2) is 29.4 Å². The molecule has 0 N–H and O–H groups in total. The monoisotopic (exact) mass is 486 g/mol. The predicted octanol–water partition coefficient (Wildman–Crippen LogP) is 9.13. The van der Waals surface area contributed by atoms with Crippen LogP contribution in [0.2, 0.25) is 0 Å². The number of nitrogens with zero attached hydrogens (tertiary/aromatic N) is 2. The van der Waals surface area contributed by atoms with Crippen molar-refractivity contribution in [3.8, 4) is 22.9 Å². The molecule has 0 aliphatic heterocycles. The average molecular weight is 487 g/mol. The topological polar surface area (TPSA) is 44.2 Å². The van der Waals surface area contributed by atoms with Gasteiger partial charge >= 0.3 is 0 Å². The van der Waals surface area contributed by atoms with Crippen molar-refractivity contribution in [2.24, 2.45) is 0 Å². The number of hydrogen-bond acceptors (Lipinski definition) is 4. The van der Waals surface area contributed by atoms with Gasteiger partial charge in [0, 0.05) is 5.56 Å². The van der Waals surface area contributed by atoms with Gasteiger partial charge in [-0.05, 0) is 37.1 Å². The molecule has 0 saturated carbocycles. The fraction of sp³-hybridized carbons (Fsp3) is 0.667. The molecule has 196 valence electrons. The van der Waals surface area contributed by atoms with E-state index < -0.39 is 6.17 Å². The maximum Gasteiger partial charge on any atom is 0.159 e. The third-order valence-electron chi connectivity index (χ3n) is 6.31. The minimum atomic E-state index is -0.945. The lowest BCUT2D eigenvalue weighted by molar-refractivity contribution is 0.183. The number of alkyl halides is 1.